The molecule has 13 heavy (non-hydrogen) atoms. The number of nitrogens with two attached hydrogens (primary N) is 1. The van der Waals surface area contributed by atoms with Crippen molar-refractivity contribution in [2.24, 2.45) is 5.73 Å². The van der Waals surface area contributed by atoms with Gasteiger partial charge in [0.1, 0.15) is 5.60 Å². The van der Waals surface area contributed by atoms with E-state index >= 15 is 0 Å². The van der Waals surface area contributed by atoms with Crippen LogP contribution < -0.4 is 5.73 Å². The van der Waals surface area contributed by atoms with Crippen LogP contribution in [-0.2, 0) is 9.47 Å². The molecule has 0 aromatic carbocycles. The lowest BCUT2D eigenvalue weighted by atomic mass is 10.0. The Kier molecular flexibility index (Phi) is 6.24. The average Bonchev–Trinajstić information content (AvgIpc) is 2.16. The SMILES string of the molecule is COC(C)C(C)(CN)OCCCO. The predicted molar refractivity (Wildman–Crippen MR) is 51.6 cm³/mol. The van der Waals surface area contributed by atoms with Crippen molar-refractivity contribution in [2.75, 3.05) is 26.9 Å². The molecule has 0 heterocycles. The summed E-state index contributed by atoms with van der Waals surface area (Å²) in [7, 11) is 1.63. The smallest absolute Gasteiger partial charge is 0.103 e. The lowest BCUT2D eigenvalue weighted by Gasteiger charge is -2.33. The Balaban J connectivity index is 3.95. The van der Waals surface area contributed by atoms with E-state index in [2.05, 4.69) is 0 Å². The first-order chi connectivity index (χ1) is 6.10. The Bertz CT molecular complexity index is 132. The van der Waals surface area contributed by atoms with Gasteiger partial charge in [-0.2, -0.15) is 0 Å². The lowest BCUT2D eigenvalue weighted by molar-refractivity contribution is -0.114. The molecule has 0 radical (unpaired) electrons. The zero-order chi connectivity index (χ0) is 10.3. The molecule has 4 heteroatoms. The van der Waals surface area contributed by atoms with Gasteiger partial charge < -0.3 is 20.3 Å². The van der Waals surface area contributed by atoms with Gasteiger partial charge in [0.25, 0.3) is 0 Å². The molecule has 2 unspecified atom stereocenters. The fraction of sp³-hybridized carbons (Fsp3) is 1.00. The van der Waals surface area contributed by atoms with Gasteiger partial charge in [-0.3, -0.25) is 0 Å². The summed E-state index contributed by atoms with van der Waals surface area (Å²) in [5, 5.41) is 8.59. The Morgan fingerprint density at radius 3 is 2.54 bits per heavy atom. The van der Waals surface area contributed by atoms with E-state index in [1.165, 1.54) is 0 Å². The van der Waals surface area contributed by atoms with Crippen molar-refractivity contribution in [2.45, 2.75) is 32.0 Å². The molecule has 0 saturated heterocycles. The fourth-order valence-electron chi connectivity index (χ4n) is 0.961. The molecule has 3 N–H and O–H groups in total. The van der Waals surface area contributed by atoms with Crippen LogP contribution in [0.3, 0.4) is 0 Å². The van der Waals surface area contributed by atoms with Crippen molar-refractivity contribution < 1.29 is 14.6 Å². The van der Waals surface area contributed by atoms with Crippen LogP contribution in [-0.4, -0.2) is 43.7 Å². The number of aliphatic hydroxyl groups excluding tert-OH is 1. The van der Waals surface area contributed by atoms with Crippen LogP contribution in [0.2, 0.25) is 0 Å². The van der Waals surface area contributed by atoms with E-state index in [0.29, 0.717) is 19.6 Å². The normalized spacial score (nSPS) is 18.2. The van der Waals surface area contributed by atoms with Crippen LogP contribution in [0, 0.1) is 0 Å². The quantitative estimate of drug-likeness (QED) is 0.562. The molecule has 0 aromatic heterocycles. The summed E-state index contributed by atoms with van der Waals surface area (Å²) in [6.07, 6.45) is 0.586. The monoisotopic (exact) mass is 191 g/mol. The summed E-state index contributed by atoms with van der Waals surface area (Å²) in [5.41, 5.74) is 5.14. The van der Waals surface area contributed by atoms with Crippen molar-refractivity contribution in [3.8, 4) is 0 Å². The van der Waals surface area contributed by atoms with Gasteiger partial charge in [0, 0.05) is 26.9 Å². The highest BCUT2D eigenvalue weighted by molar-refractivity contribution is 4.83. The fourth-order valence-corrected chi connectivity index (χ4v) is 0.961. The maximum Gasteiger partial charge on any atom is 0.103 e. The maximum absolute atomic E-state index is 8.59. The number of hydrogen-bond donors (Lipinski definition) is 2. The highest BCUT2D eigenvalue weighted by atomic mass is 16.5. The Hall–Kier alpha value is -0.160. The largest absolute Gasteiger partial charge is 0.396 e. The van der Waals surface area contributed by atoms with Crippen molar-refractivity contribution in [3.63, 3.8) is 0 Å². The number of methoxy groups -OCH3 is 1. The second kappa shape index (κ2) is 6.32. The molecule has 0 fully saturated rings. The van der Waals surface area contributed by atoms with E-state index in [9.17, 15) is 0 Å². The topological polar surface area (TPSA) is 64.7 Å². The molecule has 0 aliphatic heterocycles. The van der Waals surface area contributed by atoms with Gasteiger partial charge in [0.05, 0.1) is 6.10 Å². The van der Waals surface area contributed by atoms with E-state index in [1.807, 2.05) is 13.8 Å². The number of ether oxygens (including phenoxy) is 2. The minimum atomic E-state index is -0.454. The molecule has 0 bridgehead atoms. The first-order valence-corrected chi connectivity index (χ1v) is 4.58. The molecule has 80 valence electrons. The van der Waals surface area contributed by atoms with E-state index < -0.39 is 5.60 Å². The summed E-state index contributed by atoms with van der Waals surface area (Å²) in [4.78, 5) is 0. The number of hydrogen-bond acceptors (Lipinski definition) is 4. The van der Waals surface area contributed by atoms with Crippen LogP contribution in [0.1, 0.15) is 20.3 Å². The minimum Gasteiger partial charge on any atom is -0.396 e. The highest BCUT2D eigenvalue weighted by Gasteiger charge is 2.30. The summed E-state index contributed by atoms with van der Waals surface area (Å²) < 4.78 is 10.7. The molecule has 0 rings (SSSR count). The van der Waals surface area contributed by atoms with Gasteiger partial charge in [-0.05, 0) is 20.3 Å². The average molecular weight is 191 g/mol. The van der Waals surface area contributed by atoms with Gasteiger partial charge in [-0.1, -0.05) is 0 Å². The van der Waals surface area contributed by atoms with Gasteiger partial charge in [0.2, 0.25) is 0 Å². The first-order valence-electron chi connectivity index (χ1n) is 4.58. The van der Waals surface area contributed by atoms with Gasteiger partial charge >= 0.3 is 0 Å². The van der Waals surface area contributed by atoms with E-state index in [-0.39, 0.29) is 12.7 Å². The summed E-state index contributed by atoms with van der Waals surface area (Å²) >= 11 is 0. The van der Waals surface area contributed by atoms with E-state index in [4.69, 9.17) is 20.3 Å². The molecule has 0 spiro atoms. The zero-order valence-corrected chi connectivity index (χ0v) is 8.75. The third-order valence-corrected chi connectivity index (χ3v) is 2.35. The number of aliphatic hydroxyl groups is 1. The standard InChI is InChI=1S/C9H21NO3/c1-8(12-3)9(2,7-10)13-6-4-5-11/h8,11H,4-7,10H2,1-3H3. The predicted octanol–water partition coefficient (Wildman–Crippen LogP) is 0.138. The molecule has 4 nitrogen and oxygen atoms in total. The molecule has 2 atom stereocenters. The van der Waals surface area contributed by atoms with Crippen LogP contribution in [0.25, 0.3) is 0 Å². The Morgan fingerprint density at radius 2 is 2.15 bits per heavy atom. The molecular formula is C9H21NO3. The Labute approximate surface area is 80.0 Å². The van der Waals surface area contributed by atoms with E-state index in [0.717, 1.165) is 0 Å². The third kappa shape index (κ3) is 4.04. The molecule has 0 amide bonds. The van der Waals surface area contributed by atoms with Crippen LogP contribution >= 0.6 is 0 Å². The van der Waals surface area contributed by atoms with Crippen LogP contribution in [0.15, 0.2) is 0 Å². The molecular weight excluding hydrogens is 170 g/mol. The lowest BCUT2D eigenvalue weighted by Crippen LogP contribution is -2.48. The van der Waals surface area contributed by atoms with Gasteiger partial charge in [0.15, 0.2) is 0 Å². The molecule has 0 aliphatic carbocycles. The van der Waals surface area contributed by atoms with Gasteiger partial charge in [-0.15, -0.1) is 0 Å². The second-order valence-electron chi connectivity index (χ2n) is 3.32. The Morgan fingerprint density at radius 1 is 1.54 bits per heavy atom. The van der Waals surface area contributed by atoms with Crippen molar-refractivity contribution in [3.05, 3.63) is 0 Å². The van der Waals surface area contributed by atoms with Crippen molar-refractivity contribution in [1.29, 1.82) is 0 Å². The molecule has 0 aliphatic rings. The van der Waals surface area contributed by atoms with Crippen LogP contribution in [0.4, 0.5) is 0 Å². The van der Waals surface area contributed by atoms with Gasteiger partial charge in [-0.25, -0.2) is 0 Å². The second-order valence-corrected chi connectivity index (χ2v) is 3.32. The maximum atomic E-state index is 8.59. The van der Waals surface area contributed by atoms with Crippen LogP contribution in [0.5, 0.6) is 0 Å². The molecule has 0 aromatic rings. The molecule has 0 saturated carbocycles. The van der Waals surface area contributed by atoms with Crippen molar-refractivity contribution in [1.82, 2.24) is 0 Å². The summed E-state index contributed by atoms with van der Waals surface area (Å²) in [5.74, 6) is 0. The third-order valence-electron chi connectivity index (χ3n) is 2.35. The number of rotatable bonds is 7. The summed E-state index contributed by atoms with van der Waals surface area (Å²) in [6, 6.07) is 0. The van der Waals surface area contributed by atoms with Crippen molar-refractivity contribution >= 4 is 0 Å². The zero-order valence-electron chi connectivity index (χ0n) is 8.75. The minimum absolute atomic E-state index is 0.0452. The summed E-state index contributed by atoms with van der Waals surface area (Å²) in [6.45, 7) is 4.90. The van der Waals surface area contributed by atoms with E-state index in [1.54, 1.807) is 7.11 Å². The first kappa shape index (κ1) is 12.8. The highest BCUT2D eigenvalue weighted by Crippen LogP contribution is 2.16.